The molecule has 0 fully saturated rings. The lowest BCUT2D eigenvalue weighted by molar-refractivity contribution is 0.445. The molecule has 8 nitrogen and oxygen atoms in total. The minimum Gasteiger partial charge on any atom is -0.292 e. The van der Waals surface area contributed by atoms with Crippen molar-refractivity contribution < 1.29 is 16.8 Å². The number of rotatable bonds is 8. The van der Waals surface area contributed by atoms with E-state index in [0.29, 0.717) is 24.2 Å². The molecule has 1 aromatic carbocycles. The molecule has 10 heteroatoms. The number of nitrogens with one attached hydrogen (secondary N) is 2. The van der Waals surface area contributed by atoms with Gasteiger partial charge in [0.1, 0.15) is 10.7 Å². The van der Waals surface area contributed by atoms with Crippen LogP contribution in [0.4, 0.5) is 5.82 Å². The van der Waals surface area contributed by atoms with E-state index in [-0.39, 0.29) is 15.6 Å². The van der Waals surface area contributed by atoms with Crippen molar-refractivity contribution in [3.63, 3.8) is 0 Å². The highest BCUT2D eigenvalue weighted by Crippen LogP contribution is 2.22. The Kier molecular flexibility index (Phi) is 6.81. The normalized spacial score (nSPS) is 12.4. The standard InChI is InChI=1S/C18H26N4O4S2/c1-6-22(7-2)28(25,26)16-8-9-17(19-12-16)20-21-27(23,24)18-14(4)10-13(3)11-15(18)5/h8-12,21H,6-7H2,1-5H3,(H,19,20). The number of anilines is 1. The lowest BCUT2D eigenvalue weighted by atomic mass is 10.1. The van der Waals surface area contributed by atoms with Crippen molar-refractivity contribution in [3.05, 3.63) is 47.2 Å². The summed E-state index contributed by atoms with van der Waals surface area (Å²) in [5, 5.41) is 0. The summed E-state index contributed by atoms with van der Waals surface area (Å²) < 4.78 is 51.5. The summed E-state index contributed by atoms with van der Waals surface area (Å²) in [5.74, 6) is 0.185. The molecule has 2 rings (SSSR count). The van der Waals surface area contributed by atoms with E-state index in [9.17, 15) is 16.8 Å². The van der Waals surface area contributed by atoms with Crippen LogP contribution in [0.25, 0.3) is 0 Å². The monoisotopic (exact) mass is 426 g/mol. The summed E-state index contributed by atoms with van der Waals surface area (Å²) in [6.07, 6.45) is 1.20. The van der Waals surface area contributed by atoms with Crippen molar-refractivity contribution in [2.45, 2.75) is 44.4 Å². The van der Waals surface area contributed by atoms with Crippen LogP contribution in [0.1, 0.15) is 30.5 Å². The van der Waals surface area contributed by atoms with Crippen molar-refractivity contribution in [1.29, 1.82) is 0 Å². The van der Waals surface area contributed by atoms with E-state index < -0.39 is 20.0 Å². The molecule has 28 heavy (non-hydrogen) atoms. The fraction of sp³-hybridized carbons (Fsp3) is 0.389. The maximum atomic E-state index is 12.6. The predicted molar refractivity (Wildman–Crippen MR) is 109 cm³/mol. The van der Waals surface area contributed by atoms with Gasteiger partial charge in [-0.25, -0.2) is 21.8 Å². The van der Waals surface area contributed by atoms with Gasteiger partial charge >= 0.3 is 0 Å². The Bertz CT molecular complexity index is 1020. The number of aryl methyl sites for hydroxylation is 3. The third-order valence-electron chi connectivity index (χ3n) is 4.27. The molecule has 0 amide bonds. The number of hydrogen-bond donors (Lipinski definition) is 2. The fourth-order valence-electron chi connectivity index (χ4n) is 3.08. The Balaban J connectivity index is 2.20. The molecule has 0 bridgehead atoms. The smallest absolute Gasteiger partial charge is 0.257 e. The van der Waals surface area contributed by atoms with E-state index in [4.69, 9.17) is 0 Å². The number of aromatic nitrogens is 1. The average Bonchev–Trinajstić information content (AvgIpc) is 2.60. The molecule has 0 unspecified atom stereocenters. The summed E-state index contributed by atoms with van der Waals surface area (Å²) in [6.45, 7) is 9.60. The van der Waals surface area contributed by atoms with Gasteiger partial charge in [-0.05, 0) is 44.0 Å². The maximum Gasteiger partial charge on any atom is 0.257 e. The largest absolute Gasteiger partial charge is 0.292 e. The SMILES string of the molecule is CCN(CC)S(=O)(=O)c1ccc(NNS(=O)(=O)c2c(C)cc(C)cc2C)nc1. The van der Waals surface area contributed by atoms with Crippen LogP contribution in [0.3, 0.4) is 0 Å². The maximum absolute atomic E-state index is 12.6. The Morgan fingerprint density at radius 2 is 1.54 bits per heavy atom. The highest BCUT2D eigenvalue weighted by atomic mass is 32.2. The molecule has 2 N–H and O–H groups in total. The van der Waals surface area contributed by atoms with Gasteiger partial charge in [0, 0.05) is 19.3 Å². The van der Waals surface area contributed by atoms with Crippen LogP contribution in [-0.2, 0) is 20.0 Å². The second-order valence-electron chi connectivity index (χ2n) is 6.43. The van der Waals surface area contributed by atoms with E-state index in [1.165, 1.54) is 22.6 Å². The van der Waals surface area contributed by atoms with Crippen molar-refractivity contribution in [1.82, 2.24) is 14.1 Å². The third kappa shape index (κ3) is 4.69. The second kappa shape index (κ2) is 8.56. The topological polar surface area (TPSA) is 108 Å². The molecular formula is C18H26N4O4S2. The molecule has 0 atom stereocenters. The molecule has 1 aromatic heterocycles. The van der Waals surface area contributed by atoms with Crippen molar-refractivity contribution >= 4 is 25.9 Å². The second-order valence-corrected chi connectivity index (χ2v) is 9.98. The quantitative estimate of drug-likeness (QED) is 0.627. The predicted octanol–water partition coefficient (Wildman–Crippen LogP) is 2.34. The van der Waals surface area contributed by atoms with E-state index in [2.05, 4.69) is 15.2 Å². The molecule has 2 aromatic rings. The van der Waals surface area contributed by atoms with Gasteiger partial charge in [0.15, 0.2) is 0 Å². The van der Waals surface area contributed by atoms with E-state index in [1.54, 1.807) is 39.8 Å². The molecule has 0 saturated heterocycles. The molecular weight excluding hydrogens is 400 g/mol. The third-order valence-corrected chi connectivity index (χ3v) is 7.85. The minimum absolute atomic E-state index is 0.0508. The first-order valence-corrected chi connectivity index (χ1v) is 11.8. The molecule has 1 heterocycles. The zero-order valence-corrected chi connectivity index (χ0v) is 18.3. The first-order chi connectivity index (χ1) is 13.0. The van der Waals surface area contributed by atoms with Crippen LogP contribution in [0.5, 0.6) is 0 Å². The van der Waals surface area contributed by atoms with Crippen LogP contribution in [0.15, 0.2) is 40.3 Å². The lowest BCUT2D eigenvalue weighted by Gasteiger charge is -2.18. The average molecular weight is 427 g/mol. The first kappa shape index (κ1) is 22.3. The highest BCUT2D eigenvalue weighted by Gasteiger charge is 2.22. The van der Waals surface area contributed by atoms with Crippen LogP contribution in [-0.4, -0.2) is 39.2 Å². The van der Waals surface area contributed by atoms with Gasteiger partial charge in [0.25, 0.3) is 10.0 Å². The van der Waals surface area contributed by atoms with Crippen LogP contribution in [0, 0.1) is 20.8 Å². The molecule has 0 radical (unpaired) electrons. The molecule has 154 valence electrons. The van der Waals surface area contributed by atoms with Crippen LogP contribution < -0.4 is 10.3 Å². The molecule has 0 saturated carbocycles. The van der Waals surface area contributed by atoms with E-state index in [1.807, 2.05) is 6.92 Å². The molecule has 0 aliphatic carbocycles. The van der Waals surface area contributed by atoms with E-state index >= 15 is 0 Å². The lowest BCUT2D eigenvalue weighted by Crippen LogP contribution is -2.32. The molecule has 0 aliphatic heterocycles. The molecule has 0 aliphatic rings. The van der Waals surface area contributed by atoms with Gasteiger partial charge in [-0.1, -0.05) is 31.5 Å². The van der Waals surface area contributed by atoms with Gasteiger partial charge in [0.2, 0.25) is 10.0 Å². The highest BCUT2D eigenvalue weighted by molar-refractivity contribution is 7.89. The summed E-state index contributed by atoms with van der Waals surface area (Å²) in [7, 11) is -7.44. The summed E-state index contributed by atoms with van der Waals surface area (Å²) in [6, 6.07) is 6.40. The van der Waals surface area contributed by atoms with Crippen molar-refractivity contribution in [2.24, 2.45) is 0 Å². The Labute approximate surface area is 167 Å². The Morgan fingerprint density at radius 3 is 2.00 bits per heavy atom. The number of pyridine rings is 1. The van der Waals surface area contributed by atoms with Crippen LogP contribution in [0.2, 0.25) is 0 Å². The minimum atomic E-state index is -3.82. The van der Waals surface area contributed by atoms with E-state index in [0.717, 1.165) is 5.56 Å². The van der Waals surface area contributed by atoms with Crippen molar-refractivity contribution in [3.8, 4) is 0 Å². The van der Waals surface area contributed by atoms with Gasteiger partial charge in [0.05, 0.1) is 4.90 Å². The summed E-state index contributed by atoms with van der Waals surface area (Å²) >= 11 is 0. The Morgan fingerprint density at radius 1 is 0.964 bits per heavy atom. The first-order valence-electron chi connectivity index (χ1n) is 8.84. The van der Waals surface area contributed by atoms with Crippen molar-refractivity contribution in [2.75, 3.05) is 18.5 Å². The summed E-state index contributed by atoms with van der Waals surface area (Å²) in [5.41, 5.74) is 4.79. The summed E-state index contributed by atoms with van der Waals surface area (Å²) in [4.78, 5) is 6.55. The number of sulfonamides is 2. The zero-order valence-electron chi connectivity index (χ0n) is 16.6. The van der Waals surface area contributed by atoms with Crippen LogP contribution >= 0.6 is 0 Å². The van der Waals surface area contributed by atoms with Gasteiger partial charge in [-0.2, -0.15) is 4.31 Å². The van der Waals surface area contributed by atoms with Gasteiger partial charge in [-0.15, -0.1) is 4.83 Å². The molecule has 0 spiro atoms. The Hall–Kier alpha value is -2.01. The van der Waals surface area contributed by atoms with Gasteiger partial charge < -0.3 is 0 Å². The number of benzene rings is 1. The van der Waals surface area contributed by atoms with Gasteiger partial charge in [-0.3, -0.25) is 5.43 Å². The zero-order chi connectivity index (χ0) is 21.1. The fourth-order valence-corrected chi connectivity index (χ4v) is 5.79. The number of nitrogens with zero attached hydrogens (tertiary/aromatic N) is 2. The number of hydrogen-bond acceptors (Lipinski definition) is 6. The number of hydrazine groups is 1.